The Bertz CT molecular complexity index is 1270. The van der Waals surface area contributed by atoms with Crippen LogP contribution in [0, 0.1) is 0 Å². The van der Waals surface area contributed by atoms with E-state index >= 15 is 0 Å². The zero-order chi connectivity index (χ0) is 23.2. The Kier molecular flexibility index (Phi) is 7.40. The van der Waals surface area contributed by atoms with Gasteiger partial charge in [-0.15, -0.1) is 11.3 Å². The molecule has 1 aromatic heterocycles. The van der Waals surface area contributed by atoms with E-state index in [1.54, 1.807) is 18.2 Å². The number of halogens is 2. The van der Waals surface area contributed by atoms with Gasteiger partial charge in [-0.2, -0.15) is 0 Å². The summed E-state index contributed by atoms with van der Waals surface area (Å²) in [6.45, 7) is -0.402. The van der Waals surface area contributed by atoms with Crippen LogP contribution in [0.1, 0.15) is 5.56 Å². The number of esters is 1. The summed E-state index contributed by atoms with van der Waals surface area (Å²) < 4.78 is 5.05. The molecule has 5 nitrogen and oxygen atoms in total. The monoisotopic (exact) mass is 496 g/mol. The van der Waals surface area contributed by atoms with Gasteiger partial charge in [-0.25, -0.2) is 4.98 Å². The zero-order valence-corrected chi connectivity index (χ0v) is 19.6. The summed E-state index contributed by atoms with van der Waals surface area (Å²) in [7, 11) is 0. The SMILES string of the molecule is O=C(COC(=O)Cc1ccc(Cl)c(Cl)c1)Nc1nc(-c2ccc(-c3ccccc3)cc2)cs1. The maximum atomic E-state index is 12.2. The molecule has 0 aliphatic heterocycles. The van der Waals surface area contributed by atoms with Gasteiger partial charge in [0.2, 0.25) is 0 Å². The van der Waals surface area contributed by atoms with Crippen LogP contribution in [0.2, 0.25) is 10.0 Å². The lowest BCUT2D eigenvalue weighted by Crippen LogP contribution is -2.21. The number of nitrogens with zero attached hydrogens (tertiary/aromatic N) is 1. The van der Waals surface area contributed by atoms with Gasteiger partial charge >= 0.3 is 5.97 Å². The van der Waals surface area contributed by atoms with Gasteiger partial charge < -0.3 is 4.74 Å². The number of aromatic nitrogens is 1. The second-order valence-corrected chi connectivity index (χ2v) is 8.79. The molecule has 0 atom stereocenters. The van der Waals surface area contributed by atoms with Crippen molar-refractivity contribution >= 4 is 51.5 Å². The number of nitrogens with one attached hydrogen (secondary N) is 1. The molecule has 0 aliphatic carbocycles. The number of thiazole rings is 1. The Hall–Kier alpha value is -3.19. The molecule has 33 heavy (non-hydrogen) atoms. The molecule has 0 saturated carbocycles. The van der Waals surface area contributed by atoms with Crippen molar-refractivity contribution in [3.8, 4) is 22.4 Å². The number of rotatable bonds is 7. The second-order valence-electron chi connectivity index (χ2n) is 7.12. The molecule has 3 aromatic carbocycles. The topological polar surface area (TPSA) is 68.3 Å². The van der Waals surface area contributed by atoms with E-state index in [0.717, 1.165) is 22.4 Å². The lowest BCUT2D eigenvalue weighted by atomic mass is 10.0. The third kappa shape index (κ3) is 6.20. The van der Waals surface area contributed by atoms with Crippen LogP contribution in [-0.2, 0) is 20.7 Å². The molecule has 0 radical (unpaired) electrons. The zero-order valence-electron chi connectivity index (χ0n) is 17.3. The van der Waals surface area contributed by atoms with E-state index in [1.165, 1.54) is 11.3 Å². The van der Waals surface area contributed by atoms with Gasteiger partial charge in [0.1, 0.15) is 0 Å². The summed E-state index contributed by atoms with van der Waals surface area (Å²) in [5.74, 6) is -1.00. The number of carbonyl (C=O) groups excluding carboxylic acids is 2. The third-order valence-corrected chi connectivity index (χ3v) is 6.23. The molecule has 4 aromatic rings. The summed E-state index contributed by atoms with van der Waals surface area (Å²) >= 11 is 13.1. The van der Waals surface area contributed by atoms with E-state index in [-0.39, 0.29) is 6.42 Å². The molecule has 4 rings (SSSR count). The van der Waals surface area contributed by atoms with E-state index in [0.29, 0.717) is 20.7 Å². The van der Waals surface area contributed by atoms with Gasteiger partial charge in [-0.05, 0) is 28.8 Å². The molecule has 0 aliphatic rings. The molecule has 8 heteroatoms. The lowest BCUT2D eigenvalue weighted by molar-refractivity contribution is -0.146. The van der Waals surface area contributed by atoms with Crippen LogP contribution in [0.5, 0.6) is 0 Å². The molecule has 1 amide bonds. The van der Waals surface area contributed by atoms with Crippen LogP contribution in [0.3, 0.4) is 0 Å². The summed E-state index contributed by atoms with van der Waals surface area (Å²) in [5, 5.41) is 5.72. The van der Waals surface area contributed by atoms with Crippen LogP contribution in [0.15, 0.2) is 78.2 Å². The summed E-state index contributed by atoms with van der Waals surface area (Å²) in [6.07, 6.45) is -0.00938. The van der Waals surface area contributed by atoms with Gasteiger partial charge in [0.15, 0.2) is 11.7 Å². The normalized spacial score (nSPS) is 10.6. The van der Waals surface area contributed by atoms with Crippen LogP contribution in [-0.4, -0.2) is 23.5 Å². The maximum absolute atomic E-state index is 12.2. The smallest absolute Gasteiger partial charge is 0.310 e. The fraction of sp³-hybridized carbons (Fsp3) is 0.0800. The largest absolute Gasteiger partial charge is 0.455 e. The van der Waals surface area contributed by atoms with Crippen LogP contribution >= 0.6 is 34.5 Å². The molecule has 0 bridgehead atoms. The third-order valence-electron chi connectivity index (χ3n) is 4.74. The molecule has 0 fully saturated rings. The van der Waals surface area contributed by atoms with Crippen molar-refractivity contribution in [2.75, 3.05) is 11.9 Å². The lowest BCUT2D eigenvalue weighted by Gasteiger charge is -2.06. The van der Waals surface area contributed by atoms with Crippen LogP contribution in [0.25, 0.3) is 22.4 Å². The molecular weight excluding hydrogens is 479 g/mol. The first-order valence-electron chi connectivity index (χ1n) is 9.99. The summed E-state index contributed by atoms with van der Waals surface area (Å²) in [6, 6.07) is 23.0. The van der Waals surface area contributed by atoms with E-state index in [1.807, 2.05) is 47.8 Å². The number of benzene rings is 3. The fourth-order valence-corrected chi connectivity index (χ4v) is 4.15. The first-order valence-corrected chi connectivity index (χ1v) is 11.6. The van der Waals surface area contributed by atoms with Crippen molar-refractivity contribution in [3.63, 3.8) is 0 Å². The van der Waals surface area contributed by atoms with Gasteiger partial charge in [-0.3, -0.25) is 14.9 Å². The van der Waals surface area contributed by atoms with Gasteiger partial charge in [0.25, 0.3) is 5.91 Å². The van der Waals surface area contributed by atoms with Gasteiger partial charge in [0.05, 0.1) is 22.2 Å². The predicted molar refractivity (Wildman–Crippen MR) is 133 cm³/mol. The first-order chi connectivity index (χ1) is 16.0. The average molecular weight is 497 g/mol. The molecule has 1 heterocycles. The number of amides is 1. The number of hydrogen-bond acceptors (Lipinski definition) is 5. The Morgan fingerprint density at radius 1 is 0.879 bits per heavy atom. The number of ether oxygens (including phenoxy) is 1. The number of anilines is 1. The Morgan fingerprint density at radius 3 is 2.30 bits per heavy atom. The molecule has 0 spiro atoms. The van der Waals surface area contributed by atoms with E-state index in [4.69, 9.17) is 27.9 Å². The van der Waals surface area contributed by atoms with Crippen molar-refractivity contribution in [1.82, 2.24) is 4.98 Å². The number of hydrogen-bond donors (Lipinski definition) is 1. The molecule has 1 N–H and O–H groups in total. The predicted octanol–water partition coefficient (Wildman–Crippen LogP) is 6.51. The summed E-state index contributed by atoms with van der Waals surface area (Å²) in [5.41, 5.74) is 4.61. The fourth-order valence-electron chi connectivity index (χ4n) is 3.10. The number of carbonyl (C=O) groups is 2. The van der Waals surface area contributed by atoms with Crippen molar-refractivity contribution in [1.29, 1.82) is 0 Å². The quantitative estimate of drug-likeness (QED) is 0.296. The minimum absolute atomic E-state index is 0.00938. The van der Waals surface area contributed by atoms with Crippen molar-refractivity contribution < 1.29 is 14.3 Å². The van der Waals surface area contributed by atoms with Gasteiger partial charge in [0, 0.05) is 10.9 Å². The summed E-state index contributed by atoms with van der Waals surface area (Å²) in [4.78, 5) is 28.6. The Balaban J connectivity index is 1.29. The second kappa shape index (κ2) is 10.6. The molecular formula is C25H18Cl2N2O3S. The Morgan fingerprint density at radius 2 is 1.58 bits per heavy atom. The molecule has 0 unspecified atom stereocenters. The van der Waals surface area contributed by atoms with E-state index < -0.39 is 18.5 Å². The van der Waals surface area contributed by atoms with Crippen molar-refractivity contribution in [3.05, 3.63) is 93.8 Å². The van der Waals surface area contributed by atoms with Crippen LogP contribution in [0.4, 0.5) is 5.13 Å². The standard InChI is InChI=1S/C25H18Cl2N2O3S/c26-20-11-6-16(12-21(20)27)13-24(31)32-14-23(30)29-25-28-22(15-33-25)19-9-7-18(8-10-19)17-4-2-1-3-5-17/h1-12,15H,13-14H2,(H,28,29,30). The van der Waals surface area contributed by atoms with E-state index in [2.05, 4.69) is 22.4 Å². The van der Waals surface area contributed by atoms with Crippen molar-refractivity contribution in [2.45, 2.75) is 6.42 Å². The highest BCUT2D eigenvalue weighted by Crippen LogP contribution is 2.27. The maximum Gasteiger partial charge on any atom is 0.310 e. The highest BCUT2D eigenvalue weighted by atomic mass is 35.5. The minimum Gasteiger partial charge on any atom is -0.455 e. The van der Waals surface area contributed by atoms with Crippen LogP contribution < -0.4 is 5.32 Å². The molecule has 166 valence electrons. The average Bonchev–Trinajstić information content (AvgIpc) is 3.29. The van der Waals surface area contributed by atoms with E-state index in [9.17, 15) is 9.59 Å². The Labute approximate surface area is 205 Å². The van der Waals surface area contributed by atoms with Crippen molar-refractivity contribution in [2.24, 2.45) is 0 Å². The van der Waals surface area contributed by atoms with Gasteiger partial charge in [-0.1, -0.05) is 83.9 Å². The highest BCUT2D eigenvalue weighted by Gasteiger charge is 2.12. The highest BCUT2D eigenvalue weighted by molar-refractivity contribution is 7.14. The first kappa shape index (κ1) is 23.0. The molecule has 0 saturated heterocycles. The minimum atomic E-state index is -0.540.